The van der Waals surface area contributed by atoms with Crippen molar-refractivity contribution >= 4 is 11.5 Å². The third kappa shape index (κ3) is 3.36. The van der Waals surface area contributed by atoms with E-state index in [-0.39, 0.29) is 5.56 Å². The number of aromatic nitrogens is 2. The Balaban J connectivity index is 1.84. The van der Waals surface area contributed by atoms with E-state index in [0.29, 0.717) is 25.5 Å². The van der Waals surface area contributed by atoms with E-state index in [1.165, 1.54) is 12.1 Å². The van der Waals surface area contributed by atoms with Crippen LogP contribution in [0.15, 0.2) is 42.7 Å². The molecule has 0 radical (unpaired) electrons. The van der Waals surface area contributed by atoms with Crippen molar-refractivity contribution in [2.24, 2.45) is 0 Å². The summed E-state index contributed by atoms with van der Waals surface area (Å²) in [5, 5.41) is 0. The van der Waals surface area contributed by atoms with Crippen LogP contribution in [0.2, 0.25) is 0 Å². The summed E-state index contributed by atoms with van der Waals surface area (Å²) >= 11 is 0. The molecule has 1 aliphatic rings. The number of hydrogen-bond donors (Lipinski definition) is 0. The van der Waals surface area contributed by atoms with Crippen molar-refractivity contribution in [1.82, 2.24) is 9.97 Å². The summed E-state index contributed by atoms with van der Waals surface area (Å²) in [5.74, 6) is 0.606. The summed E-state index contributed by atoms with van der Waals surface area (Å²) in [5.41, 5.74) is 1.39. The minimum absolute atomic E-state index is 0.268. The van der Waals surface area contributed by atoms with E-state index < -0.39 is 11.7 Å². The van der Waals surface area contributed by atoms with Gasteiger partial charge in [0.1, 0.15) is 0 Å². The quantitative estimate of drug-likeness (QED) is 0.834. The van der Waals surface area contributed by atoms with E-state index in [4.69, 9.17) is 0 Å². The first-order chi connectivity index (χ1) is 10.9. The molecule has 0 bridgehead atoms. The second-order valence-electron chi connectivity index (χ2n) is 5.53. The van der Waals surface area contributed by atoms with Crippen LogP contribution >= 0.6 is 0 Å². The molecular weight excluding hydrogens is 303 g/mol. The fraction of sp³-hybridized carbons (Fsp3) is 0.294. The molecule has 2 heterocycles. The summed E-state index contributed by atoms with van der Waals surface area (Å²) < 4.78 is 39.4. The van der Waals surface area contributed by atoms with Gasteiger partial charge in [-0.1, -0.05) is 24.3 Å². The molecule has 2 aromatic rings. The number of nitrogens with zero attached hydrogens (tertiary/aromatic N) is 3. The standard InChI is InChI=1S/C17H16F3N3/c1-12-10-21-16(22-11-12)23-8-6-13(7-9-23)14-4-2-3-5-15(14)17(18,19)20/h2-6,10-11H,7-9H2,1H3. The average Bonchev–Trinajstić information content (AvgIpc) is 2.55. The van der Waals surface area contributed by atoms with Crippen molar-refractivity contribution in [2.45, 2.75) is 19.5 Å². The second-order valence-corrected chi connectivity index (χ2v) is 5.53. The molecule has 0 amide bonds. The van der Waals surface area contributed by atoms with Crippen LogP contribution in [0.1, 0.15) is 23.1 Å². The molecule has 1 aromatic heterocycles. The van der Waals surface area contributed by atoms with Crippen molar-refractivity contribution in [3.8, 4) is 0 Å². The van der Waals surface area contributed by atoms with Crippen LogP contribution in [0, 0.1) is 6.92 Å². The molecule has 23 heavy (non-hydrogen) atoms. The normalized spacial score (nSPS) is 15.5. The van der Waals surface area contributed by atoms with Gasteiger partial charge in [-0.15, -0.1) is 0 Å². The molecule has 120 valence electrons. The number of aryl methyl sites for hydroxylation is 1. The van der Waals surface area contributed by atoms with Crippen molar-refractivity contribution in [2.75, 3.05) is 18.0 Å². The maximum absolute atomic E-state index is 13.1. The van der Waals surface area contributed by atoms with Crippen molar-refractivity contribution < 1.29 is 13.2 Å². The van der Waals surface area contributed by atoms with E-state index in [0.717, 1.165) is 17.2 Å². The predicted octanol–water partition coefficient (Wildman–Crippen LogP) is 4.10. The molecule has 0 unspecified atom stereocenters. The highest BCUT2D eigenvalue weighted by Crippen LogP contribution is 2.36. The van der Waals surface area contributed by atoms with Gasteiger partial charge in [-0.05, 0) is 36.1 Å². The van der Waals surface area contributed by atoms with Crippen molar-refractivity contribution in [3.63, 3.8) is 0 Å². The highest BCUT2D eigenvalue weighted by molar-refractivity contribution is 5.71. The van der Waals surface area contributed by atoms with Gasteiger partial charge < -0.3 is 4.90 Å². The fourth-order valence-electron chi connectivity index (χ4n) is 2.65. The zero-order chi connectivity index (χ0) is 16.4. The molecular formula is C17H16F3N3. The highest BCUT2D eigenvalue weighted by Gasteiger charge is 2.34. The zero-order valence-electron chi connectivity index (χ0n) is 12.6. The lowest BCUT2D eigenvalue weighted by molar-refractivity contribution is -0.137. The van der Waals surface area contributed by atoms with Gasteiger partial charge in [0, 0.05) is 25.5 Å². The van der Waals surface area contributed by atoms with Gasteiger partial charge in [0.2, 0.25) is 5.95 Å². The molecule has 0 fully saturated rings. The Kier molecular flexibility index (Phi) is 4.07. The Hall–Kier alpha value is -2.37. The largest absolute Gasteiger partial charge is 0.416 e. The minimum atomic E-state index is -4.34. The zero-order valence-corrected chi connectivity index (χ0v) is 12.6. The smallest absolute Gasteiger partial charge is 0.337 e. The molecule has 1 aromatic carbocycles. The number of halogens is 3. The van der Waals surface area contributed by atoms with Gasteiger partial charge >= 0.3 is 6.18 Å². The van der Waals surface area contributed by atoms with Crippen LogP contribution in [-0.2, 0) is 6.18 Å². The highest BCUT2D eigenvalue weighted by atomic mass is 19.4. The van der Waals surface area contributed by atoms with Crippen molar-refractivity contribution in [3.05, 3.63) is 59.4 Å². The van der Waals surface area contributed by atoms with Gasteiger partial charge in [-0.2, -0.15) is 13.2 Å². The molecule has 0 atom stereocenters. The van der Waals surface area contributed by atoms with Crippen molar-refractivity contribution in [1.29, 1.82) is 0 Å². The minimum Gasteiger partial charge on any atom is -0.337 e. The first-order valence-corrected chi connectivity index (χ1v) is 7.34. The molecule has 3 rings (SSSR count). The maximum atomic E-state index is 13.1. The molecule has 0 saturated heterocycles. The summed E-state index contributed by atoms with van der Waals surface area (Å²) in [6.45, 7) is 3.01. The van der Waals surface area contributed by atoms with Gasteiger partial charge in [-0.25, -0.2) is 9.97 Å². The van der Waals surface area contributed by atoms with Gasteiger partial charge in [-0.3, -0.25) is 0 Å². The van der Waals surface area contributed by atoms with Crippen LogP contribution < -0.4 is 4.90 Å². The topological polar surface area (TPSA) is 29.0 Å². The predicted molar refractivity (Wildman–Crippen MR) is 83.0 cm³/mol. The molecule has 1 aliphatic heterocycles. The Labute approximate surface area is 132 Å². The third-order valence-corrected chi connectivity index (χ3v) is 3.84. The lowest BCUT2D eigenvalue weighted by atomic mass is 9.95. The molecule has 0 saturated carbocycles. The fourth-order valence-corrected chi connectivity index (χ4v) is 2.65. The number of anilines is 1. The van der Waals surface area contributed by atoms with E-state index in [9.17, 15) is 13.2 Å². The number of hydrogen-bond acceptors (Lipinski definition) is 3. The van der Waals surface area contributed by atoms with E-state index in [1.807, 2.05) is 17.9 Å². The third-order valence-electron chi connectivity index (χ3n) is 3.84. The Morgan fingerprint density at radius 3 is 2.39 bits per heavy atom. The van der Waals surface area contributed by atoms with E-state index in [1.54, 1.807) is 18.5 Å². The number of benzene rings is 1. The Morgan fingerprint density at radius 2 is 1.78 bits per heavy atom. The summed E-state index contributed by atoms with van der Waals surface area (Å²) in [7, 11) is 0. The van der Waals surface area contributed by atoms with Gasteiger partial charge in [0.05, 0.1) is 5.56 Å². The lowest BCUT2D eigenvalue weighted by Crippen LogP contribution is -2.30. The first kappa shape index (κ1) is 15.5. The van der Waals surface area contributed by atoms with Crippen LogP contribution in [0.3, 0.4) is 0 Å². The summed E-state index contributed by atoms with van der Waals surface area (Å²) in [6, 6.07) is 5.72. The monoisotopic (exact) mass is 319 g/mol. The Bertz CT molecular complexity index is 721. The van der Waals surface area contributed by atoms with E-state index >= 15 is 0 Å². The number of alkyl halides is 3. The molecule has 3 nitrogen and oxygen atoms in total. The SMILES string of the molecule is Cc1cnc(N2CC=C(c3ccccc3C(F)(F)F)CC2)nc1. The van der Waals surface area contributed by atoms with Crippen LogP contribution in [-0.4, -0.2) is 23.1 Å². The Morgan fingerprint density at radius 1 is 1.09 bits per heavy atom. The second kappa shape index (κ2) is 6.02. The van der Waals surface area contributed by atoms with Crippen LogP contribution in [0.5, 0.6) is 0 Å². The lowest BCUT2D eigenvalue weighted by Gasteiger charge is -2.27. The molecule has 0 aliphatic carbocycles. The average molecular weight is 319 g/mol. The molecule has 0 N–H and O–H groups in total. The maximum Gasteiger partial charge on any atom is 0.416 e. The van der Waals surface area contributed by atoms with Gasteiger partial charge in [0.25, 0.3) is 0 Å². The number of rotatable bonds is 2. The van der Waals surface area contributed by atoms with Crippen LogP contribution in [0.25, 0.3) is 5.57 Å². The van der Waals surface area contributed by atoms with Crippen LogP contribution in [0.4, 0.5) is 19.1 Å². The van der Waals surface area contributed by atoms with Gasteiger partial charge in [0.15, 0.2) is 0 Å². The summed E-state index contributed by atoms with van der Waals surface area (Å²) in [6.07, 6.45) is 1.50. The summed E-state index contributed by atoms with van der Waals surface area (Å²) in [4.78, 5) is 10.5. The molecule has 6 heteroatoms. The van der Waals surface area contributed by atoms with E-state index in [2.05, 4.69) is 9.97 Å². The first-order valence-electron chi connectivity index (χ1n) is 7.34. The molecule has 0 spiro atoms.